The number of nitrogens with one attached hydrogen (secondary N) is 2. The Morgan fingerprint density at radius 3 is 2.60 bits per heavy atom. The van der Waals surface area contributed by atoms with Gasteiger partial charge in [-0.15, -0.1) is 0 Å². The van der Waals surface area contributed by atoms with Crippen molar-refractivity contribution in [3.63, 3.8) is 0 Å². The van der Waals surface area contributed by atoms with Crippen molar-refractivity contribution in [3.8, 4) is 11.1 Å². The predicted molar refractivity (Wildman–Crippen MR) is 116 cm³/mol. The number of nitrogens with two attached hydrogens (primary N) is 1. The number of pyridine rings is 2. The van der Waals surface area contributed by atoms with Gasteiger partial charge in [0.2, 0.25) is 5.78 Å². The maximum atomic E-state index is 14.8. The molecule has 0 saturated heterocycles. The second-order valence-corrected chi connectivity index (χ2v) is 7.23. The molecule has 1 aromatic carbocycles. The minimum absolute atomic E-state index is 0.0366. The van der Waals surface area contributed by atoms with Gasteiger partial charge < -0.3 is 10.5 Å². The number of Topliss-reactive ketones (excluding diaryl/α,β-unsaturated/α-hetero) is 1. The molecule has 0 aliphatic carbocycles. The molecule has 0 fully saturated rings. The van der Waals surface area contributed by atoms with E-state index in [2.05, 4.69) is 14.7 Å². The lowest BCUT2D eigenvalue weighted by Crippen LogP contribution is -2.19. The zero-order chi connectivity index (χ0) is 21.7. The van der Waals surface area contributed by atoms with E-state index in [0.717, 1.165) is 36.1 Å². The average molecular weight is 427 g/mol. The summed E-state index contributed by atoms with van der Waals surface area (Å²) in [5.41, 5.74) is 5.96. The number of hydrogen-bond acceptors (Lipinski definition) is 7. The third kappa shape index (κ3) is 4.46. The van der Waals surface area contributed by atoms with E-state index < -0.39 is 34.4 Å². The van der Waals surface area contributed by atoms with Crippen LogP contribution in [-0.4, -0.2) is 27.2 Å². The summed E-state index contributed by atoms with van der Waals surface area (Å²) in [6, 6.07) is 7.04. The number of aromatic nitrogens is 2. The zero-order valence-electron chi connectivity index (χ0n) is 16.1. The molecule has 9 heteroatoms. The Hall–Kier alpha value is -3.33. The van der Waals surface area contributed by atoms with E-state index >= 15 is 0 Å². The molecule has 0 spiro atoms. The number of nitrogens with zero attached hydrogens (tertiary/aromatic N) is 2. The lowest BCUT2D eigenvalue weighted by molar-refractivity contribution is 0.106. The molecule has 3 aromatic rings. The molecule has 0 aliphatic heterocycles. The first-order chi connectivity index (χ1) is 14.4. The van der Waals surface area contributed by atoms with E-state index in [0.29, 0.717) is 11.3 Å². The molecule has 6 nitrogen and oxygen atoms in total. The number of nitrogen functional groups attached to an aromatic ring is 1. The minimum atomic E-state index is -1.05. The van der Waals surface area contributed by atoms with Gasteiger partial charge in [0.05, 0.1) is 5.56 Å². The molecule has 0 atom stereocenters. The van der Waals surface area contributed by atoms with E-state index in [4.69, 9.17) is 11.1 Å². The molecule has 0 bridgehead atoms. The molecule has 0 amide bonds. The quantitative estimate of drug-likeness (QED) is 0.208. The fourth-order valence-corrected chi connectivity index (χ4v) is 3.32. The fourth-order valence-electron chi connectivity index (χ4n) is 2.68. The highest BCUT2D eigenvalue weighted by atomic mass is 32.2. The van der Waals surface area contributed by atoms with Crippen LogP contribution in [0.3, 0.4) is 0 Å². The Morgan fingerprint density at radius 1 is 1.17 bits per heavy atom. The molecule has 0 saturated carbocycles. The van der Waals surface area contributed by atoms with Crippen molar-refractivity contribution >= 4 is 34.9 Å². The summed E-state index contributed by atoms with van der Waals surface area (Å²) >= 11 is 1.13. The summed E-state index contributed by atoms with van der Waals surface area (Å²) in [4.78, 5) is 20.8. The van der Waals surface area contributed by atoms with Crippen LogP contribution in [0.2, 0.25) is 0 Å². The molecule has 3 rings (SSSR count). The summed E-state index contributed by atoms with van der Waals surface area (Å²) in [6.07, 6.45) is 5.52. The summed E-state index contributed by atoms with van der Waals surface area (Å²) < 4.78 is 31.5. The average Bonchev–Trinajstić information content (AvgIpc) is 2.76. The summed E-state index contributed by atoms with van der Waals surface area (Å²) in [5.74, 6) is -2.19. The summed E-state index contributed by atoms with van der Waals surface area (Å²) in [5, 5.41) is 8.29. The predicted octanol–water partition coefficient (Wildman–Crippen LogP) is 4.72. The zero-order valence-corrected chi connectivity index (χ0v) is 16.9. The minimum Gasteiger partial charge on any atom is -0.383 e. The van der Waals surface area contributed by atoms with Gasteiger partial charge in [0.25, 0.3) is 0 Å². The normalized spacial score (nSPS) is 10.6. The van der Waals surface area contributed by atoms with Crippen LogP contribution in [0.25, 0.3) is 11.1 Å². The van der Waals surface area contributed by atoms with E-state index in [1.807, 2.05) is 6.92 Å². The molecular weight excluding hydrogens is 408 g/mol. The van der Waals surface area contributed by atoms with E-state index in [-0.39, 0.29) is 11.4 Å². The largest absolute Gasteiger partial charge is 0.383 e. The van der Waals surface area contributed by atoms with Crippen molar-refractivity contribution in [2.75, 3.05) is 16.2 Å². The molecule has 154 valence electrons. The number of anilines is 2. The second-order valence-electron chi connectivity index (χ2n) is 6.33. The van der Waals surface area contributed by atoms with Crippen molar-refractivity contribution < 1.29 is 13.6 Å². The van der Waals surface area contributed by atoms with Crippen LogP contribution < -0.4 is 10.5 Å². The smallest absolute Gasteiger partial charge is 0.214 e. The summed E-state index contributed by atoms with van der Waals surface area (Å²) in [6.45, 7) is 1.93. The molecule has 0 radical (unpaired) electrons. The maximum Gasteiger partial charge on any atom is 0.214 e. The fraction of sp³-hybridized carbons (Fsp3) is 0.143. The lowest BCUT2D eigenvalue weighted by Gasteiger charge is -2.12. The van der Waals surface area contributed by atoms with Gasteiger partial charge in [-0.3, -0.25) is 15.2 Å². The van der Waals surface area contributed by atoms with Crippen LogP contribution in [0.1, 0.15) is 29.3 Å². The van der Waals surface area contributed by atoms with Crippen LogP contribution in [0, 0.1) is 17.0 Å². The van der Waals surface area contributed by atoms with Gasteiger partial charge in [-0.05, 0) is 42.3 Å². The Bertz CT molecular complexity index is 1090. The SMILES string of the molecule is CCCSNc1c(F)ccc(C(=O)C(=N)c2cc(-c3ccncc3)cnc2N)c1F. The van der Waals surface area contributed by atoms with Crippen molar-refractivity contribution in [2.24, 2.45) is 0 Å². The van der Waals surface area contributed by atoms with E-state index in [9.17, 15) is 13.6 Å². The Balaban J connectivity index is 1.95. The first-order valence-corrected chi connectivity index (χ1v) is 10.1. The molecule has 2 aromatic heterocycles. The van der Waals surface area contributed by atoms with Crippen molar-refractivity contribution in [3.05, 3.63) is 71.7 Å². The van der Waals surface area contributed by atoms with Gasteiger partial charge in [-0.1, -0.05) is 18.9 Å². The molecule has 0 aliphatic rings. The van der Waals surface area contributed by atoms with Crippen molar-refractivity contribution in [2.45, 2.75) is 13.3 Å². The highest BCUT2D eigenvalue weighted by Gasteiger charge is 2.24. The van der Waals surface area contributed by atoms with Crippen LogP contribution >= 0.6 is 11.9 Å². The van der Waals surface area contributed by atoms with Gasteiger partial charge in [0, 0.05) is 35.5 Å². The van der Waals surface area contributed by atoms with Crippen LogP contribution in [0.15, 0.2) is 48.9 Å². The first-order valence-electron chi connectivity index (χ1n) is 9.09. The molecule has 2 heterocycles. The summed E-state index contributed by atoms with van der Waals surface area (Å²) in [7, 11) is 0. The number of benzene rings is 1. The number of ketones is 1. The van der Waals surface area contributed by atoms with Crippen molar-refractivity contribution in [1.29, 1.82) is 5.41 Å². The van der Waals surface area contributed by atoms with Gasteiger partial charge in [0.1, 0.15) is 23.0 Å². The number of carbonyl (C=O) groups excluding carboxylic acids is 1. The topological polar surface area (TPSA) is 105 Å². The van der Waals surface area contributed by atoms with Gasteiger partial charge in [-0.25, -0.2) is 13.8 Å². The van der Waals surface area contributed by atoms with Gasteiger partial charge in [-0.2, -0.15) is 0 Å². The van der Waals surface area contributed by atoms with Crippen LogP contribution in [0.4, 0.5) is 20.3 Å². The number of rotatable bonds is 8. The monoisotopic (exact) mass is 427 g/mol. The van der Waals surface area contributed by atoms with Gasteiger partial charge in [0.15, 0.2) is 5.82 Å². The number of halogens is 2. The lowest BCUT2D eigenvalue weighted by atomic mass is 9.98. The van der Waals surface area contributed by atoms with E-state index in [1.165, 1.54) is 12.3 Å². The highest BCUT2D eigenvalue weighted by molar-refractivity contribution is 8.00. The molecule has 30 heavy (non-hydrogen) atoms. The Labute approximate surface area is 176 Å². The second kappa shape index (κ2) is 9.45. The van der Waals surface area contributed by atoms with Crippen LogP contribution in [0.5, 0.6) is 0 Å². The van der Waals surface area contributed by atoms with E-state index in [1.54, 1.807) is 24.5 Å². The Kier molecular flexibility index (Phi) is 6.73. The molecule has 0 unspecified atom stereocenters. The third-order valence-electron chi connectivity index (χ3n) is 4.24. The van der Waals surface area contributed by atoms with Crippen molar-refractivity contribution in [1.82, 2.24) is 9.97 Å². The number of hydrogen-bond donors (Lipinski definition) is 3. The van der Waals surface area contributed by atoms with Gasteiger partial charge >= 0.3 is 0 Å². The number of carbonyl (C=O) groups is 1. The highest BCUT2D eigenvalue weighted by Crippen LogP contribution is 2.27. The van der Waals surface area contributed by atoms with Crippen LogP contribution in [-0.2, 0) is 0 Å². The molecule has 4 N–H and O–H groups in total. The maximum absolute atomic E-state index is 14.8. The standard InChI is InChI=1S/C21H19F2N5OS/c1-2-9-30-28-19-16(22)4-3-14(17(19)23)20(29)18(24)15-10-13(11-27-21(15)25)12-5-7-26-8-6-12/h3-8,10-11,24,28H,2,9H2,1H3,(H2,25,27). The molecular formula is C21H19F2N5OS. The first kappa shape index (κ1) is 21.4. The third-order valence-corrected chi connectivity index (χ3v) is 5.21. The Morgan fingerprint density at radius 2 is 1.90 bits per heavy atom.